The van der Waals surface area contributed by atoms with Crippen LogP contribution in [0, 0.1) is 0 Å². The van der Waals surface area contributed by atoms with Crippen LogP contribution in [0.15, 0.2) is 23.8 Å². The molecule has 0 aliphatic carbocycles. The summed E-state index contributed by atoms with van der Waals surface area (Å²) in [6.07, 6.45) is -8.65. The van der Waals surface area contributed by atoms with E-state index >= 15 is 4.39 Å². The summed E-state index contributed by atoms with van der Waals surface area (Å²) in [5.41, 5.74) is 11.0. The molecule has 1 unspecified atom stereocenters. The molecule has 4 aromatic heterocycles. The number of anilines is 2. The zero-order valence-electron chi connectivity index (χ0n) is 22.3. The van der Waals surface area contributed by atoms with Gasteiger partial charge in [0.25, 0.3) is 5.56 Å². The number of aliphatic hydroxyl groups is 1. The van der Waals surface area contributed by atoms with Gasteiger partial charge in [-0.3, -0.25) is 37.0 Å². The van der Waals surface area contributed by atoms with Gasteiger partial charge in [-0.05, 0) is 0 Å². The van der Waals surface area contributed by atoms with Crippen molar-refractivity contribution in [3.63, 3.8) is 0 Å². The minimum absolute atomic E-state index is 0.0413. The largest absolute Gasteiger partial charge is 0.386 e. The molecule has 10 atom stereocenters. The number of nitrogens with zero attached hydrogens (tertiary/aromatic N) is 7. The lowest BCUT2D eigenvalue weighted by molar-refractivity contribution is -0.0555. The van der Waals surface area contributed by atoms with Crippen LogP contribution in [0.2, 0.25) is 0 Å². The number of aromatic amines is 1. The topological polar surface area (TPSA) is 269 Å². The monoisotopic (exact) mass is 708 g/mol. The van der Waals surface area contributed by atoms with E-state index in [2.05, 4.69) is 54.4 Å². The molecular weight excluding hydrogens is 685 g/mol. The number of aromatic nitrogens is 8. The molecule has 25 heteroatoms. The number of ether oxygens (including phenoxy) is 2. The average Bonchev–Trinajstić information content (AvgIpc) is 3.72. The van der Waals surface area contributed by atoms with Crippen molar-refractivity contribution < 1.29 is 46.2 Å². The second-order valence-corrected chi connectivity index (χ2v) is 15.8. The van der Waals surface area contributed by atoms with Crippen molar-refractivity contribution >= 4 is 72.2 Å². The van der Waals surface area contributed by atoms with Crippen LogP contribution in [0.3, 0.4) is 0 Å². The molecule has 0 radical (unpaired) electrons. The fraction of sp³-hybridized carbons (Fsp3) is 0.500. The average molecular weight is 709 g/mol. The van der Waals surface area contributed by atoms with Gasteiger partial charge < -0.3 is 26.0 Å². The normalized spacial score (nSPS) is 37.7. The minimum Gasteiger partial charge on any atom is -0.386 e. The van der Waals surface area contributed by atoms with Gasteiger partial charge in [-0.2, -0.15) is 4.98 Å². The number of imidazole rings is 2. The van der Waals surface area contributed by atoms with Crippen LogP contribution in [-0.4, -0.2) is 94.0 Å². The van der Waals surface area contributed by atoms with Crippen molar-refractivity contribution in [2.75, 3.05) is 24.7 Å². The lowest BCUT2D eigenvalue weighted by Crippen LogP contribution is -2.37. The Morgan fingerprint density at radius 3 is 2.22 bits per heavy atom. The highest BCUT2D eigenvalue weighted by Gasteiger charge is 2.54. The van der Waals surface area contributed by atoms with Gasteiger partial charge in [-0.1, -0.05) is 24.5 Å². The van der Waals surface area contributed by atoms with Gasteiger partial charge in [0.05, 0.1) is 25.9 Å². The van der Waals surface area contributed by atoms with E-state index in [0.717, 1.165) is 12.7 Å². The number of halogens is 1. The first-order valence-electron chi connectivity index (χ1n) is 12.9. The zero-order valence-corrected chi connectivity index (χ0v) is 25.9. The number of hydrogen-bond donors (Lipinski definition) is 6. The van der Waals surface area contributed by atoms with Crippen LogP contribution in [0.25, 0.3) is 22.3 Å². The number of hydrogen-bond acceptors (Lipinski definition) is 17. The first-order valence-corrected chi connectivity index (χ1v) is 18.3. The summed E-state index contributed by atoms with van der Waals surface area (Å²) in [4.78, 5) is 34.6. The molecule has 45 heavy (non-hydrogen) atoms. The second kappa shape index (κ2) is 11.2. The number of nitrogens with one attached hydrogen (secondary N) is 1. The molecule has 3 fully saturated rings. The summed E-state index contributed by atoms with van der Waals surface area (Å²) in [6, 6.07) is 0. The third-order valence-corrected chi connectivity index (χ3v) is 10.5. The second-order valence-electron chi connectivity index (χ2n) is 10.1. The number of aliphatic hydroxyl groups excluding tert-OH is 1. The van der Waals surface area contributed by atoms with Crippen molar-refractivity contribution in [2.45, 2.75) is 49.1 Å². The number of nitrogens with two attached hydrogens (primary N) is 2. The fourth-order valence-electron chi connectivity index (χ4n) is 5.28. The molecule has 3 saturated heterocycles. The maximum atomic E-state index is 16.0. The minimum atomic E-state index is -4.39. The third kappa shape index (κ3) is 5.54. The third-order valence-electron chi connectivity index (χ3n) is 7.28. The number of fused-ring (bicyclic) bond motifs is 4. The molecule has 7 heterocycles. The molecule has 0 spiro atoms. The highest BCUT2D eigenvalue weighted by atomic mass is 32.7. The molecule has 4 aromatic rings. The van der Waals surface area contributed by atoms with Gasteiger partial charge in [0.1, 0.15) is 42.4 Å². The van der Waals surface area contributed by atoms with Gasteiger partial charge in [0.15, 0.2) is 41.3 Å². The molecule has 242 valence electrons. The predicted molar refractivity (Wildman–Crippen MR) is 156 cm³/mol. The lowest BCUT2D eigenvalue weighted by atomic mass is 10.1. The SMILES string of the molecule is Nc1nc2c(ncn2[C@@H]2O[C@@H]3CO[P@](=O)(S)O[C@@H]4C(CO[P@@](=O)(S)O[C@H]3[C@H]2O)O[C@@H](n2cnc3c(N)ncnc32)[C@@H]4F)c(=O)[nH]1. The standard InChI is InChI=1S/C20H23FN10O10P2S2/c21-8-12-6(38-18(8)30-4-26-9-14(22)24-3-25-15(9)30)1-36-43(35,45)41-13-7(2-37-42(34,44)40-12)39-19(11(13)32)31-5-27-10-16(31)28-20(23)29-17(10)33/h3-8,11-13,18-19,32H,1-2H2,(H,34,44)(H,35,45)(H2,22,24,25)(H3,23,28,29,33)/t6?,7-,8-,11-,12-,13-,18-,19-,42+,43-/m1/s1. The summed E-state index contributed by atoms with van der Waals surface area (Å²) in [6.45, 7) is -10.0. The van der Waals surface area contributed by atoms with Crippen molar-refractivity contribution in [1.29, 1.82) is 0 Å². The van der Waals surface area contributed by atoms with Gasteiger partial charge in [0, 0.05) is 0 Å². The molecule has 3 aliphatic rings. The smallest absolute Gasteiger partial charge is 0.386 e. The van der Waals surface area contributed by atoms with Crippen molar-refractivity contribution in [2.24, 2.45) is 0 Å². The maximum absolute atomic E-state index is 16.0. The number of nitrogen functional groups attached to an aromatic ring is 2. The van der Waals surface area contributed by atoms with Crippen LogP contribution in [0.4, 0.5) is 16.2 Å². The maximum Gasteiger partial charge on any atom is 0.386 e. The Hall–Kier alpha value is -2.69. The fourth-order valence-corrected chi connectivity index (χ4v) is 8.25. The van der Waals surface area contributed by atoms with Gasteiger partial charge in [0.2, 0.25) is 5.95 Å². The number of thiol groups is 2. The first-order chi connectivity index (χ1) is 21.3. The molecule has 6 N–H and O–H groups in total. The van der Waals surface area contributed by atoms with Crippen LogP contribution < -0.4 is 17.0 Å². The molecular formula is C20H23FN10O10P2S2. The first kappa shape index (κ1) is 30.9. The number of rotatable bonds is 2. The Bertz CT molecular complexity index is 1950. The molecule has 7 rings (SSSR count). The van der Waals surface area contributed by atoms with Crippen LogP contribution in [0.5, 0.6) is 0 Å². The summed E-state index contributed by atoms with van der Waals surface area (Å²) >= 11 is 8.03. The Morgan fingerprint density at radius 1 is 0.911 bits per heavy atom. The van der Waals surface area contributed by atoms with E-state index in [1.54, 1.807) is 0 Å². The van der Waals surface area contributed by atoms with Crippen molar-refractivity contribution in [1.82, 2.24) is 39.0 Å². The highest BCUT2D eigenvalue weighted by Crippen LogP contribution is 2.60. The van der Waals surface area contributed by atoms with E-state index in [-0.39, 0.29) is 34.1 Å². The highest BCUT2D eigenvalue weighted by molar-refractivity contribution is 8.44. The summed E-state index contributed by atoms with van der Waals surface area (Å²) < 4.78 is 78.9. The van der Waals surface area contributed by atoms with Crippen LogP contribution in [-0.2, 0) is 36.7 Å². The van der Waals surface area contributed by atoms with Gasteiger partial charge >= 0.3 is 13.6 Å². The van der Waals surface area contributed by atoms with Gasteiger partial charge in [-0.25, -0.2) is 33.5 Å². The summed E-state index contributed by atoms with van der Waals surface area (Å²) in [5.74, 6) is -0.179. The van der Waals surface area contributed by atoms with E-state index in [1.165, 1.54) is 15.5 Å². The number of alkyl halides is 1. The van der Waals surface area contributed by atoms with E-state index in [1.807, 2.05) is 0 Å². The molecule has 20 nitrogen and oxygen atoms in total. The Labute approximate surface area is 260 Å². The van der Waals surface area contributed by atoms with E-state index < -0.39 is 81.5 Å². The Morgan fingerprint density at radius 2 is 1.51 bits per heavy atom. The summed E-state index contributed by atoms with van der Waals surface area (Å²) in [5, 5.41) is 11.2. The van der Waals surface area contributed by atoms with Crippen molar-refractivity contribution in [3.8, 4) is 0 Å². The lowest BCUT2D eigenvalue weighted by Gasteiger charge is -2.28. The van der Waals surface area contributed by atoms with E-state index in [0.29, 0.717) is 0 Å². The molecule has 0 saturated carbocycles. The van der Waals surface area contributed by atoms with E-state index in [9.17, 15) is 19.0 Å². The Balaban J connectivity index is 1.17. The predicted octanol–water partition coefficient (Wildman–Crippen LogP) is 0.511. The molecule has 0 bridgehead atoms. The van der Waals surface area contributed by atoms with Gasteiger partial charge in [-0.15, -0.1) is 0 Å². The molecule has 0 aromatic carbocycles. The van der Waals surface area contributed by atoms with Crippen molar-refractivity contribution in [3.05, 3.63) is 29.3 Å². The number of H-pyrrole nitrogens is 1. The van der Waals surface area contributed by atoms with Crippen LogP contribution in [0.1, 0.15) is 12.5 Å². The van der Waals surface area contributed by atoms with Crippen LogP contribution >= 0.6 is 38.1 Å². The van der Waals surface area contributed by atoms with E-state index in [4.69, 9.17) is 39.0 Å². The Kier molecular flexibility index (Phi) is 7.72. The summed E-state index contributed by atoms with van der Waals surface area (Å²) in [7, 11) is 0. The molecule has 0 amide bonds. The molecule has 3 aliphatic heterocycles. The zero-order chi connectivity index (χ0) is 31.8. The quantitative estimate of drug-likeness (QED) is 0.122.